The SMILES string of the molecule is [C-]#[N+]C[C@H]1CN(c2nc(S(C)=O)nc3c2CCN(c2cccc(Cl)c2C(F)(F)F)C3)CCN1C(=O)OC(C)(C)C. The summed E-state index contributed by atoms with van der Waals surface area (Å²) in [6.07, 6.45) is -3.37. The molecule has 2 aromatic rings. The van der Waals surface area contributed by atoms with Crippen molar-refractivity contribution in [2.24, 2.45) is 0 Å². The fourth-order valence-corrected chi connectivity index (χ4v) is 5.64. The number of benzene rings is 1. The van der Waals surface area contributed by atoms with Crippen LogP contribution in [0.3, 0.4) is 0 Å². The van der Waals surface area contributed by atoms with E-state index in [-0.39, 0.29) is 48.6 Å². The molecule has 0 spiro atoms. The van der Waals surface area contributed by atoms with Gasteiger partial charge in [0.15, 0.2) is 0 Å². The molecule has 216 valence electrons. The number of alkyl halides is 3. The molecule has 1 saturated heterocycles. The van der Waals surface area contributed by atoms with Gasteiger partial charge in [0.05, 0.1) is 39.3 Å². The molecule has 0 saturated carbocycles. The largest absolute Gasteiger partial charge is 0.444 e. The summed E-state index contributed by atoms with van der Waals surface area (Å²) in [5.41, 5.74) is -0.426. The molecule has 0 radical (unpaired) electrons. The summed E-state index contributed by atoms with van der Waals surface area (Å²) in [7, 11) is -1.56. The van der Waals surface area contributed by atoms with E-state index in [0.717, 1.165) is 5.56 Å². The Hall–Kier alpha value is -3.11. The predicted octanol–water partition coefficient (Wildman–Crippen LogP) is 4.79. The standard InChI is InChI=1S/C26H30ClF3N6O3S/c1-25(2,3)39-24(37)36-12-11-35(14-16(36)13-31-4)22-17-9-10-34(15-19(17)32-23(33-22)40(5)38)20-8-6-7-18(27)21(20)26(28,29)30/h6-8,16H,9-15H2,1-3,5H3/t16-,40?/m0/s1. The molecule has 2 aliphatic rings. The molecule has 1 unspecified atom stereocenters. The fourth-order valence-electron chi connectivity index (χ4n) is 4.91. The molecule has 2 atom stereocenters. The molecule has 14 heteroatoms. The molecule has 0 aliphatic carbocycles. The molecule has 40 heavy (non-hydrogen) atoms. The van der Waals surface area contributed by atoms with Crippen LogP contribution in [0.4, 0.5) is 29.5 Å². The van der Waals surface area contributed by atoms with Gasteiger partial charge < -0.3 is 19.4 Å². The summed E-state index contributed by atoms with van der Waals surface area (Å²) in [4.78, 5) is 30.4. The first-order valence-corrected chi connectivity index (χ1v) is 14.5. The average molecular weight is 599 g/mol. The highest BCUT2D eigenvalue weighted by Crippen LogP contribution is 2.42. The number of ether oxygens (including phenoxy) is 1. The normalized spacial score (nSPS) is 18.7. The number of halogens is 4. The number of aromatic nitrogens is 2. The Balaban J connectivity index is 1.68. The van der Waals surface area contributed by atoms with Gasteiger partial charge >= 0.3 is 12.3 Å². The number of amides is 1. The Labute approximate surface area is 238 Å². The first kappa shape index (κ1) is 29.9. The zero-order valence-electron chi connectivity index (χ0n) is 22.6. The second-order valence-corrected chi connectivity index (χ2v) is 12.3. The Morgan fingerprint density at radius 3 is 2.55 bits per heavy atom. The van der Waals surface area contributed by atoms with Crippen molar-refractivity contribution in [3.63, 3.8) is 0 Å². The van der Waals surface area contributed by atoms with Gasteiger partial charge in [-0.15, -0.1) is 0 Å². The number of hydrogen-bond donors (Lipinski definition) is 0. The molecule has 3 heterocycles. The topological polar surface area (TPSA) is 83.2 Å². The van der Waals surface area contributed by atoms with Gasteiger partial charge in [0.2, 0.25) is 11.7 Å². The third-order valence-corrected chi connectivity index (χ3v) is 7.62. The summed E-state index contributed by atoms with van der Waals surface area (Å²) >= 11 is 5.96. The van der Waals surface area contributed by atoms with Crippen molar-refractivity contribution in [3.8, 4) is 0 Å². The van der Waals surface area contributed by atoms with Crippen LogP contribution in [-0.2, 0) is 34.7 Å². The van der Waals surface area contributed by atoms with Crippen LogP contribution < -0.4 is 9.80 Å². The van der Waals surface area contributed by atoms with Gasteiger partial charge in [-0.05, 0) is 39.3 Å². The minimum Gasteiger partial charge on any atom is -0.444 e. The van der Waals surface area contributed by atoms with Gasteiger partial charge in [-0.3, -0.25) is 9.11 Å². The number of carbonyl (C=O) groups is 1. The van der Waals surface area contributed by atoms with E-state index in [4.69, 9.17) is 22.9 Å². The third-order valence-electron chi connectivity index (χ3n) is 6.61. The van der Waals surface area contributed by atoms with Crippen molar-refractivity contribution < 1.29 is 26.9 Å². The van der Waals surface area contributed by atoms with Crippen LogP contribution >= 0.6 is 11.6 Å². The number of piperazine rings is 1. The zero-order chi connectivity index (χ0) is 29.4. The Kier molecular flexibility index (Phi) is 8.52. The van der Waals surface area contributed by atoms with Crippen molar-refractivity contribution in [3.05, 3.63) is 51.5 Å². The van der Waals surface area contributed by atoms with Crippen molar-refractivity contribution in [2.45, 2.75) is 56.7 Å². The lowest BCUT2D eigenvalue weighted by Gasteiger charge is -2.41. The average Bonchev–Trinajstić information content (AvgIpc) is 2.85. The Morgan fingerprint density at radius 1 is 1.20 bits per heavy atom. The highest BCUT2D eigenvalue weighted by atomic mass is 35.5. The number of nitrogens with zero attached hydrogens (tertiary/aromatic N) is 6. The maximum Gasteiger partial charge on any atom is 0.419 e. The number of rotatable bonds is 4. The third kappa shape index (κ3) is 6.44. The van der Waals surface area contributed by atoms with Crippen molar-refractivity contribution in [1.29, 1.82) is 0 Å². The van der Waals surface area contributed by atoms with Crippen LogP contribution in [0, 0.1) is 6.57 Å². The summed E-state index contributed by atoms with van der Waals surface area (Å²) in [6.45, 7) is 14.0. The number of anilines is 2. The van der Waals surface area contributed by atoms with Crippen LogP contribution in [-0.4, -0.2) is 75.8 Å². The van der Waals surface area contributed by atoms with E-state index in [0.29, 0.717) is 24.5 Å². The van der Waals surface area contributed by atoms with Gasteiger partial charge in [0.1, 0.15) is 17.5 Å². The van der Waals surface area contributed by atoms with Gasteiger partial charge in [0.25, 0.3) is 0 Å². The van der Waals surface area contributed by atoms with Crippen LogP contribution in [0.15, 0.2) is 23.4 Å². The summed E-state index contributed by atoms with van der Waals surface area (Å²) < 4.78 is 59.6. The van der Waals surface area contributed by atoms with Crippen molar-refractivity contribution in [2.75, 3.05) is 48.8 Å². The predicted molar refractivity (Wildman–Crippen MR) is 146 cm³/mol. The van der Waals surface area contributed by atoms with Crippen molar-refractivity contribution >= 4 is 40.0 Å². The first-order valence-electron chi connectivity index (χ1n) is 12.6. The second kappa shape index (κ2) is 11.4. The van der Waals surface area contributed by atoms with E-state index in [9.17, 15) is 22.2 Å². The molecule has 0 N–H and O–H groups in total. The number of fused-ring (bicyclic) bond motifs is 1. The number of hydrogen-bond acceptors (Lipinski definition) is 7. The molecule has 1 amide bonds. The number of carbonyl (C=O) groups excluding carboxylic acids is 1. The van der Waals surface area contributed by atoms with Gasteiger partial charge in [-0.25, -0.2) is 21.3 Å². The highest BCUT2D eigenvalue weighted by molar-refractivity contribution is 7.84. The molecule has 0 bridgehead atoms. The van der Waals surface area contributed by atoms with E-state index in [2.05, 4.69) is 14.8 Å². The van der Waals surface area contributed by atoms with Gasteiger partial charge in [0, 0.05) is 38.0 Å². The second-order valence-electron chi connectivity index (χ2n) is 10.6. The van der Waals surface area contributed by atoms with Gasteiger partial charge in [-0.1, -0.05) is 17.7 Å². The minimum atomic E-state index is -4.65. The van der Waals surface area contributed by atoms with Gasteiger partial charge in [-0.2, -0.15) is 13.2 Å². The minimum absolute atomic E-state index is 0.0435. The molecule has 2 aliphatic heterocycles. The fraction of sp³-hybridized carbons (Fsp3) is 0.538. The summed E-state index contributed by atoms with van der Waals surface area (Å²) in [6, 6.07) is 3.59. The smallest absolute Gasteiger partial charge is 0.419 e. The van der Waals surface area contributed by atoms with Crippen LogP contribution in [0.25, 0.3) is 4.85 Å². The van der Waals surface area contributed by atoms with E-state index < -0.39 is 40.3 Å². The van der Waals surface area contributed by atoms with E-state index in [1.807, 2.05) is 4.90 Å². The quantitative estimate of drug-likeness (QED) is 0.370. The van der Waals surface area contributed by atoms with Crippen LogP contribution in [0.2, 0.25) is 5.02 Å². The van der Waals surface area contributed by atoms with Crippen LogP contribution in [0.5, 0.6) is 0 Å². The molecular formula is C26H30ClF3N6O3S. The Bertz CT molecular complexity index is 1360. The first-order chi connectivity index (χ1) is 18.7. The summed E-state index contributed by atoms with van der Waals surface area (Å²) in [5, 5.41) is -0.322. The van der Waals surface area contributed by atoms with Crippen molar-refractivity contribution in [1.82, 2.24) is 14.9 Å². The maximum absolute atomic E-state index is 13.9. The Morgan fingerprint density at radius 2 is 1.93 bits per heavy atom. The lowest BCUT2D eigenvalue weighted by atomic mass is 10.0. The molecule has 1 fully saturated rings. The molecular weight excluding hydrogens is 569 g/mol. The lowest BCUT2D eigenvalue weighted by Crippen LogP contribution is -2.57. The van der Waals surface area contributed by atoms with E-state index >= 15 is 0 Å². The van der Waals surface area contributed by atoms with E-state index in [1.54, 1.807) is 30.6 Å². The molecule has 1 aromatic heterocycles. The maximum atomic E-state index is 13.9. The lowest BCUT2D eigenvalue weighted by molar-refractivity contribution is -0.137. The highest BCUT2D eigenvalue weighted by Gasteiger charge is 2.40. The molecule has 4 rings (SSSR count). The van der Waals surface area contributed by atoms with Crippen LogP contribution in [0.1, 0.15) is 37.6 Å². The molecule has 9 nitrogen and oxygen atoms in total. The zero-order valence-corrected chi connectivity index (χ0v) is 24.2. The van der Waals surface area contributed by atoms with E-state index in [1.165, 1.54) is 24.5 Å². The summed E-state index contributed by atoms with van der Waals surface area (Å²) in [5.74, 6) is 0.524. The monoisotopic (exact) mass is 598 g/mol. The molecule has 1 aromatic carbocycles.